The van der Waals surface area contributed by atoms with Crippen molar-refractivity contribution in [3.63, 3.8) is 0 Å². The second-order valence-corrected chi connectivity index (χ2v) is 7.68. The normalized spacial score (nSPS) is 17.4. The summed E-state index contributed by atoms with van der Waals surface area (Å²) < 4.78 is 17.0. The minimum Gasteiger partial charge on any atom is -0.497 e. The van der Waals surface area contributed by atoms with Gasteiger partial charge in [0, 0.05) is 18.2 Å². The van der Waals surface area contributed by atoms with Crippen molar-refractivity contribution in [3.8, 4) is 22.3 Å². The number of nitrogens with zero attached hydrogens (tertiary/aromatic N) is 2. The van der Waals surface area contributed by atoms with Crippen LogP contribution in [0.4, 0.5) is 0 Å². The van der Waals surface area contributed by atoms with Gasteiger partial charge in [0.05, 0.1) is 24.8 Å². The summed E-state index contributed by atoms with van der Waals surface area (Å²) in [6, 6.07) is 10.4. The van der Waals surface area contributed by atoms with Crippen molar-refractivity contribution in [1.82, 2.24) is 9.88 Å². The van der Waals surface area contributed by atoms with Gasteiger partial charge in [-0.3, -0.25) is 4.90 Å². The van der Waals surface area contributed by atoms with Crippen LogP contribution in [-0.2, 0) is 6.54 Å². The molecule has 4 rings (SSSR count). The third-order valence-corrected chi connectivity index (χ3v) is 5.99. The van der Waals surface area contributed by atoms with Crippen LogP contribution in [0, 0.1) is 6.92 Å². The Hall–Kier alpha value is -2.31. The van der Waals surface area contributed by atoms with Gasteiger partial charge in [0.2, 0.25) is 5.89 Å². The zero-order chi connectivity index (χ0) is 18.8. The van der Waals surface area contributed by atoms with Crippen LogP contribution in [0.2, 0.25) is 0 Å². The SMILES string of the molecule is COc1ccc(OC)c(C2CCCN2Cc2nc(-c3cccs3)oc2C)c1. The average molecular weight is 385 g/mol. The maximum Gasteiger partial charge on any atom is 0.236 e. The lowest BCUT2D eigenvalue weighted by Gasteiger charge is -2.26. The number of likely N-dealkylation sites (tertiary alicyclic amines) is 1. The van der Waals surface area contributed by atoms with Crippen LogP contribution < -0.4 is 9.47 Å². The minimum atomic E-state index is 0.288. The fourth-order valence-corrected chi connectivity index (χ4v) is 4.39. The molecule has 3 aromatic rings. The molecule has 27 heavy (non-hydrogen) atoms. The summed E-state index contributed by atoms with van der Waals surface area (Å²) in [5, 5.41) is 2.04. The first-order valence-corrected chi connectivity index (χ1v) is 10.0. The highest BCUT2D eigenvalue weighted by Crippen LogP contribution is 2.40. The van der Waals surface area contributed by atoms with Crippen LogP contribution in [-0.4, -0.2) is 30.6 Å². The molecule has 1 unspecified atom stereocenters. The summed E-state index contributed by atoms with van der Waals surface area (Å²) in [5.74, 6) is 3.37. The smallest absolute Gasteiger partial charge is 0.236 e. The molecule has 1 atom stereocenters. The number of rotatable bonds is 6. The summed E-state index contributed by atoms with van der Waals surface area (Å²) in [7, 11) is 3.42. The molecule has 1 fully saturated rings. The van der Waals surface area contributed by atoms with E-state index in [0.717, 1.165) is 53.8 Å². The molecule has 1 aliphatic heterocycles. The quantitative estimate of drug-likeness (QED) is 0.594. The molecular weight excluding hydrogens is 360 g/mol. The number of oxazole rings is 1. The van der Waals surface area contributed by atoms with E-state index in [0.29, 0.717) is 5.89 Å². The molecule has 142 valence electrons. The van der Waals surface area contributed by atoms with Gasteiger partial charge in [-0.15, -0.1) is 11.3 Å². The summed E-state index contributed by atoms with van der Waals surface area (Å²) >= 11 is 1.65. The van der Waals surface area contributed by atoms with Crippen molar-refractivity contribution in [2.24, 2.45) is 0 Å². The molecule has 0 spiro atoms. The van der Waals surface area contributed by atoms with Crippen molar-refractivity contribution >= 4 is 11.3 Å². The third kappa shape index (κ3) is 3.59. The molecular formula is C21H24N2O3S. The lowest BCUT2D eigenvalue weighted by molar-refractivity contribution is 0.238. The van der Waals surface area contributed by atoms with E-state index < -0.39 is 0 Å². The number of benzene rings is 1. The Balaban J connectivity index is 1.60. The molecule has 0 radical (unpaired) electrons. The van der Waals surface area contributed by atoms with Gasteiger partial charge < -0.3 is 13.9 Å². The highest BCUT2D eigenvalue weighted by atomic mass is 32.1. The molecule has 0 amide bonds. The summed E-state index contributed by atoms with van der Waals surface area (Å²) in [6.07, 6.45) is 2.25. The van der Waals surface area contributed by atoms with Crippen LogP contribution in [0.25, 0.3) is 10.8 Å². The number of methoxy groups -OCH3 is 2. The van der Waals surface area contributed by atoms with Crippen molar-refractivity contribution in [2.75, 3.05) is 20.8 Å². The molecule has 3 heterocycles. The van der Waals surface area contributed by atoms with Gasteiger partial charge in [-0.1, -0.05) is 6.07 Å². The van der Waals surface area contributed by atoms with E-state index in [1.807, 2.05) is 36.6 Å². The second kappa shape index (κ2) is 7.74. The van der Waals surface area contributed by atoms with Gasteiger partial charge in [0.15, 0.2) is 0 Å². The Morgan fingerprint density at radius 1 is 1.26 bits per heavy atom. The van der Waals surface area contributed by atoms with E-state index in [2.05, 4.69) is 11.0 Å². The van der Waals surface area contributed by atoms with Crippen molar-refractivity contribution in [3.05, 3.63) is 52.7 Å². The first kappa shape index (κ1) is 18.1. The largest absolute Gasteiger partial charge is 0.497 e. The maximum absolute atomic E-state index is 5.92. The standard InChI is InChI=1S/C21H24N2O3S/c1-14-17(22-21(26-14)20-7-5-11-27-20)13-23-10-4-6-18(23)16-12-15(24-2)8-9-19(16)25-3/h5,7-9,11-12,18H,4,6,10,13H2,1-3H3. The van der Waals surface area contributed by atoms with Crippen LogP contribution in [0.15, 0.2) is 40.1 Å². The maximum atomic E-state index is 5.92. The van der Waals surface area contributed by atoms with E-state index in [4.69, 9.17) is 18.9 Å². The fourth-order valence-electron chi connectivity index (χ4n) is 3.74. The fraction of sp³-hybridized carbons (Fsp3) is 0.381. The van der Waals surface area contributed by atoms with Crippen LogP contribution in [0.1, 0.15) is 35.9 Å². The summed E-state index contributed by atoms with van der Waals surface area (Å²) in [4.78, 5) is 8.29. The van der Waals surface area contributed by atoms with Gasteiger partial charge >= 0.3 is 0 Å². The second-order valence-electron chi connectivity index (χ2n) is 6.74. The Labute approximate surface area is 163 Å². The average Bonchev–Trinajstić information content (AvgIpc) is 3.43. The highest BCUT2D eigenvalue weighted by molar-refractivity contribution is 7.13. The van der Waals surface area contributed by atoms with Crippen LogP contribution in [0.5, 0.6) is 11.5 Å². The van der Waals surface area contributed by atoms with Gasteiger partial charge in [0.25, 0.3) is 0 Å². The van der Waals surface area contributed by atoms with Crippen LogP contribution in [0.3, 0.4) is 0 Å². The van der Waals surface area contributed by atoms with E-state index >= 15 is 0 Å². The lowest BCUT2D eigenvalue weighted by atomic mass is 10.0. The van der Waals surface area contributed by atoms with Gasteiger partial charge in [0.1, 0.15) is 17.3 Å². The number of aromatic nitrogens is 1. The molecule has 6 heteroatoms. The minimum absolute atomic E-state index is 0.288. The lowest BCUT2D eigenvalue weighted by Crippen LogP contribution is -2.23. The van der Waals surface area contributed by atoms with E-state index in [-0.39, 0.29) is 6.04 Å². The Bertz CT molecular complexity index is 904. The zero-order valence-electron chi connectivity index (χ0n) is 15.9. The number of ether oxygens (including phenoxy) is 2. The number of hydrogen-bond acceptors (Lipinski definition) is 6. The number of aryl methyl sites for hydroxylation is 1. The first-order valence-electron chi connectivity index (χ1n) is 9.15. The third-order valence-electron chi connectivity index (χ3n) is 5.14. The zero-order valence-corrected chi connectivity index (χ0v) is 16.7. The number of hydrogen-bond donors (Lipinski definition) is 0. The van der Waals surface area contributed by atoms with E-state index in [1.165, 1.54) is 5.56 Å². The first-order chi connectivity index (χ1) is 13.2. The highest BCUT2D eigenvalue weighted by Gasteiger charge is 2.30. The molecule has 0 N–H and O–H groups in total. The monoisotopic (exact) mass is 384 g/mol. The predicted octanol–water partition coefficient (Wildman–Crippen LogP) is 5.07. The summed E-state index contributed by atoms with van der Waals surface area (Å²) in [5.41, 5.74) is 2.18. The molecule has 0 bridgehead atoms. The predicted molar refractivity (Wildman–Crippen MR) is 106 cm³/mol. The molecule has 1 aromatic carbocycles. The van der Waals surface area contributed by atoms with Crippen molar-refractivity contribution < 1.29 is 13.9 Å². The molecule has 2 aromatic heterocycles. The molecule has 1 saturated heterocycles. The molecule has 0 aliphatic carbocycles. The molecule has 0 saturated carbocycles. The van der Waals surface area contributed by atoms with E-state index in [9.17, 15) is 0 Å². The molecule has 5 nitrogen and oxygen atoms in total. The van der Waals surface area contributed by atoms with Gasteiger partial charge in [-0.05, 0) is 56.0 Å². The van der Waals surface area contributed by atoms with E-state index in [1.54, 1.807) is 25.6 Å². The van der Waals surface area contributed by atoms with Gasteiger partial charge in [-0.2, -0.15) is 0 Å². The number of thiophene rings is 1. The molecule has 1 aliphatic rings. The topological polar surface area (TPSA) is 47.7 Å². The van der Waals surface area contributed by atoms with Crippen LogP contribution >= 0.6 is 11.3 Å². The van der Waals surface area contributed by atoms with Crippen molar-refractivity contribution in [2.45, 2.75) is 32.4 Å². The Morgan fingerprint density at radius 2 is 2.15 bits per heavy atom. The summed E-state index contributed by atoms with van der Waals surface area (Å²) in [6.45, 7) is 3.80. The Morgan fingerprint density at radius 3 is 2.89 bits per heavy atom. The Kier molecular flexibility index (Phi) is 5.18. The van der Waals surface area contributed by atoms with Gasteiger partial charge in [-0.25, -0.2) is 4.98 Å². The van der Waals surface area contributed by atoms with Crippen molar-refractivity contribution in [1.29, 1.82) is 0 Å².